The maximum Gasteiger partial charge on any atom is 0.522 e. The van der Waals surface area contributed by atoms with Gasteiger partial charge in [-0.3, -0.25) is 0 Å². The first-order chi connectivity index (χ1) is 10.1. The van der Waals surface area contributed by atoms with E-state index in [4.69, 9.17) is 18.9 Å². The molecule has 0 saturated carbocycles. The van der Waals surface area contributed by atoms with Crippen LogP contribution in [-0.2, 0) is 15.9 Å². The molecule has 0 aromatic heterocycles. The summed E-state index contributed by atoms with van der Waals surface area (Å²) in [6, 6.07) is 3.89. The largest absolute Gasteiger partial charge is 0.535 e. The van der Waals surface area contributed by atoms with Gasteiger partial charge in [-0.1, -0.05) is 12.6 Å². The summed E-state index contributed by atoms with van der Waals surface area (Å²) in [5.74, 6) is 1.35. The van der Waals surface area contributed by atoms with E-state index in [9.17, 15) is 5.02 Å². The summed E-state index contributed by atoms with van der Waals surface area (Å²) in [5, 5.41) is 9.72. The third kappa shape index (κ3) is 3.07. The Morgan fingerprint density at radius 3 is 2.90 bits per heavy atom. The summed E-state index contributed by atoms with van der Waals surface area (Å²) < 4.78 is 22.1. The summed E-state index contributed by atoms with van der Waals surface area (Å²) in [6.07, 6.45) is 1.06. The molecule has 5 nitrogen and oxygen atoms in total. The van der Waals surface area contributed by atoms with Crippen LogP contribution in [0.1, 0.15) is 18.1 Å². The van der Waals surface area contributed by atoms with Crippen LogP contribution < -0.4 is 9.39 Å². The standard InChI is InChI=1S/C15H19BO5/c1-10(2)14-12(20-9-13-18-7-8-19-13)4-3-11-5-6-16(17)21-15(11)14/h3-4,13,17H,1,5-9H2,2H3. The minimum Gasteiger partial charge on any atom is -0.535 e. The molecule has 112 valence electrons. The van der Waals surface area contributed by atoms with Gasteiger partial charge in [0, 0.05) is 0 Å². The zero-order chi connectivity index (χ0) is 14.8. The predicted molar refractivity (Wildman–Crippen MR) is 79.4 cm³/mol. The van der Waals surface area contributed by atoms with Gasteiger partial charge in [-0.25, -0.2) is 0 Å². The van der Waals surface area contributed by atoms with Gasteiger partial charge >= 0.3 is 7.12 Å². The molecule has 0 unspecified atom stereocenters. The average Bonchev–Trinajstić information content (AvgIpc) is 2.97. The Morgan fingerprint density at radius 1 is 1.43 bits per heavy atom. The number of ether oxygens (including phenoxy) is 3. The number of aryl methyl sites for hydroxylation is 1. The molecule has 0 atom stereocenters. The van der Waals surface area contributed by atoms with Crippen LogP contribution >= 0.6 is 0 Å². The lowest BCUT2D eigenvalue weighted by molar-refractivity contribution is -0.0684. The Hall–Kier alpha value is -1.50. The van der Waals surface area contributed by atoms with Crippen LogP contribution in [0.5, 0.6) is 11.5 Å². The van der Waals surface area contributed by atoms with Crippen LogP contribution in [-0.4, -0.2) is 38.3 Å². The van der Waals surface area contributed by atoms with Crippen LogP contribution in [0.2, 0.25) is 6.32 Å². The number of allylic oxidation sites excluding steroid dienone is 1. The van der Waals surface area contributed by atoms with Gasteiger partial charge in [-0.2, -0.15) is 0 Å². The third-order valence-electron chi connectivity index (χ3n) is 3.61. The molecule has 1 saturated heterocycles. The quantitative estimate of drug-likeness (QED) is 0.858. The van der Waals surface area contributed by atoms with Crippen LogP contribution in [0, 0.1) is 0 Å². The van der Waals surface area contributed by atoms with Gasteiger partial charge in [0.1, 0.15) is 18.1 Å². The highest BCUT2D eigenvalue weighted by Crippen LogP contribution is 2.40. The van der Waals surface area contributed by atoms with E-state index in [1.165, 1.54) is 0 Å². The van der Waals surface area contributed by atoms with E-state index in [-0.39, 0.29) is 6.29 Å². The maximum atomic E-state index is 9.72. The van der Waals surface area contributed by atoms with Gasteiger partial charge in [0.25, 0.3) is 0 Å². The number of fused-ring (bicyclic) bond motifs is 1. The van der Waals surface area contributed by atoms with Crippen molar-refractivity contribution in [2.24, 2.45) is 0 Å². The fourth-order valence-electron chi connectivity index (χ4n) is 2.60. The molecular formula is C15H19BO5. The molecule has 0 bridgehead atoms. The second-order valence-electron chi connectivity index (χ2n) is 5.30. The lowest BCUT2D eigenvalue weighted by atomic mass is 9.78. The van der Waals surface area contributed by atoms with Gasteiger partial charge < -0.3 is 23.9 Å². The minimum absolute atomic E-state index is 0.321. The fraction of sp³-hybridized carbons (Fsp3) is 0.467. The average molecular weight is 290 g/mol. The molecule has 0 amide bonds. The topological polar surface area (TPSA) is 57.2 Å². The lowest BCUT2D eigenvalue weighted by Gasteiger charge is -2.25. The summed E-state index contributed by atoms with van der Waals surface area (Å²) >= 11 is 0. The van der Waals surface area contributed by atoms with Crippen molar-refractivity contribution in [2.45, 2.75) is 26.0 Å². The van der Waals surface area contributed by atoms with E-state index in [0.717, 1.165) is 23.1 Å². The maximum absolute atomic E-state index is 9.72. The van der Waals surface area contributed by atoms with Crippen molar-refractivity contribution in [1.29, 1.82) is 0 Å². The van der Waals surface area contributed by atoms with E-state index in [2.05, 4.69) is 6.58 Å². The van der Waals surface area contributed by atoms with Crippen molar-refractivity contribution in [3.05, 3.63) is 29.8 Å². The summed E-state index contributed by atoms with van der Waals surface area (Å²) in [5.41, 5.74) is 2.72. The Balaban J connectivity index is 1.85. The highest BCUT2D eigenvalue weighted by molar-refractivity contribution is 6.44. The Bertz CT molecular complexity index is 539. The van der Waals surface area contributed by atoms with Crippen molar-refractivity contribution >= 4 is 12.7 Å². The Labute approximate surface area is 124 Å². The molecule has 0 spiro atoms. The monoisotopic (exact) mass is 290 g/mol. The molecular weight excluding hydrogens is 271 g/mol. The smallest absolute Gasteiger partial charge is 0.522 e. The van der Waals surface area contributed by atoms with Crippen molar-refractivity contribution in [3.63, 3.8) is 0 Å². The highest BCUT2D eigenvalue weighted by Gasteiger charge is 2.28. The molecule has 6 heteroatoms. The zero-order valence-corrected chi connectivity index (χ0v) is 12.1. The highest BCUT2D eigenvalue weighted by atomic mass is 16.7. The van der Waals surface area contributed by atoms with Gasteiger partial charge in [0.05, 0.1) is 18.8 Å². The molecule has 2 heterocycles. The fourth-order valence-corrected chi connectivity index (χ4v) is 2.60. The number of hydrogen-bond acceptors (Lipinski definition) is 5. The second kappa shape index (κ2) is 6.09. The SMILES string of the molecule is C=C(C)c1c(OCC2OCCO2)ccc2c1OB(O)CC2. The van der Waals surface area contributed by atoms with Crippen molar-refractivity contribution in [1.82, 2.24) is 0 Å². The lowest BCUT2D eigenvalue weighted by Crippen LogP contribution is -2.27. The molecule has 0 aliphatic carbocycles. The van der Waals surface area contributed by atoms with Crippen LogP contribution in [0.25, 0.3) is 5.57 Å². The van der Waals surface area contributed by atoms with Gasteiger partial charge in [0.2, 0.25) is 0 Å². The molecule has 2 aliphatic rings. The summed E-state index contributed by atoms with van der Waals surface area (Å²) in [6.45, 7) is 7.41. The molecule has 21 heavy (non-hydrogen) atoms. The van der Waals surface area contributed by atoms with Gasteiger partial charge in [-0.15, -0.1) is 0 Å². The number of rotatable bonds is 4. The Kier molecular flexibility index (Phi) is 4.19. The molecule has 1 aromatic rings. The first-order valence-electron chi connectivity index (χ1n) is 7.17. The minimum atomic E-state index is -0.771. The van der Waals surface area contributed by atoms with Crippen LogP contribution in [0.15, 0.2) is 18.7 Å². The zero-order valence-electron chi connectivity index (χ0n) is 12.1. The number of benzene rings is 1. The van der Waals surface area contributed by atoms with Gasteiger partial charge in [-0.05, 0) is 36.9 Å². The van der Waals surface area contributed by atoms with E-state index in [1.807, 2.05) is 19.1 Å². The van der Waals surface area contributed by atoms with Crippen molar-refractivity contribution in [2.75, 3.05) is 19.8 Å². The van der Waals surface area contributed by atoms with Crippen molar-refractivity contribution in [3.8, 4) is 11.5 Å². The van der Waals surface area contributed by atoms with E-state index < -0.39 is 7.12 Å². The Morgan fingerprint density at radius 2 is 2.19 bits per heavy atom. The predicted octanol–water partition coefficient (Wildman–Crippen LogP) is 1.89. The van der Waals surface area contributed by atoms with Crippen molar-refractivity contribution < 1.29 is 23.9 Å². The van der Waals surface area contributed by atoms with E-state index in [1.54, 1.807) is 0 Å². The van der Waals surface area contributed by atoms with Crippen LogP contribution in [0.3, 0.4) is 0 Å². The first-order valence-corrected chi connectivity index (χ1v) is 7.17. The molecule has 2 aliphatic heterocycles. The van der Waals surface area contributed by atoms with E-state index in [0.29, 0.717) is 37.6 Å². The number of hydrogen-bond donors (Lipinski definition) is 1. The molecule has 1 fully saturated rings. The summed E-state index contributed by atoms with van der Waals surface area (Å²) in [4.78, 5) is 0. The normalized spacial score (nSPS) is 18.3. The van der Waals surface area contributed by atoms with Gasteiger partial charge in [0.15, 0.2) is 6.29 Å². The molecule has 1 aromatic carbocycles. The van der Waals surface area contributed by atoms with Crippen LogP contribution in [0.4, 0.5) is 0 Å². The van der Waals surface area contributed by atoms with E-state index >= 15 is 0 Å². The third-order valence-corrected chi connectivity index (χ3v) is 3.61. The summed E-state index contributed by atoms with van der Waals surface area (Å²) in [7, 11) is -0.771. The molecule has 3 rings (SSSR count). The molecule has 1 N–H and O–H groups in total. The first kappa shape index (κ1) is 14.4. The second-order valence-corrected chi connectivity index (χ2v) is 5.30. The molecule has 0 radical (unpaired) electrons.